The highest BCUT2D eigenvalue weighted by atomic mass is 35.5. The largest absolute Gasteiger partial charge is 0.328 e. The van der Waals surface area contributed by atoms with Crippen molar-refractivity contribution in [3.05, 3.63) is 0 Å². The molecule has 0 saturated heterocycles. The Kier molecular flexibility index (Phi) is 18.4. The zero-order valence-electron chi connectivity index (χ0n) is 8.88. The van der Waals surface area contributed by atoms with Crippen LogP contribution in [0.3, 0.4) is 0 Å². The molecule has 0 rings (SSSR count). The van der Waals surface area contributed by atoms with E-state index in [2.05, 4.69) is 19.2 Å². The molecule has 0 unspecified atom stereocenters. The van der Waals surface area contributed by atoms with E-state index in [4.69, 9.17) is 5.73 Å². The lowest BCUT2D eigenvalue weighted by Crippen LogP contribution is -2.25. The Hall–Kier alpha value is 0.500. The van der Waals surface area contributed by atoms with E-state index < -0.39 is 0 Å². The molecule has 0 aromatic heterocycles. The fraction of sp³-hybridized carbons (Fsp3) is 1.00. The summed E-state index contributed by atoms with van der Waals surface area (Å²) in [6.45, 7) is 8.72. The molecule has 84 valence electrons. The van der Waals surface area contributed by atoms with E-state index in [1.165, 1.54) is 6.42 Å². The average molecular weight is 231 g/mol. The summed E-state index contributed by atoms with van der Waals surface area (Å²) in [5.74, 6) is 0.804. The van der Waals surface area contributed by atoms with Gasteiger partial charge in [0.15, 0.2) is 0 Å². The third-order valence-electron chi connectivity index (χ3n) is 1.67. The molecule has 13 heavy (non-hydrogen) atoms. The fourth-order valence-electron chi connectivity index (χ4n) is 0.845. The zero-order valence-corrected chi connectivity index (χ0v) is 10.5. The van der Waals surface area contributed by atoms with Crippen LogP contribution < -0.4 is 11.1 Å². The molecule has 0 amide bonds. The first-order chi connectivity index (χ1) is 5.13. The molecule has 0 spiro atoms. The molecule has 0 aromatic rings. The van der Waals surface area contributed by atoms with Gasteiger partial charge in [0.05, 0.1) is 0 Å². The van der Waals surface area contributed by atoms with Gasteiger partial charge >= 0.3 is 0 Å². The molecule has 1 atom stereocenters. The Morgan fingerprint density at radius 1 is 1.00 bits per heavy atom. The highest BCUT2D eigenvalue weighted by Crippen LogP contribution is 1.96. The van der Waals surface area contributed by atoms with Crippen LogP contribution in [0.1, 0.15) is 33.6 Å². The summed E-state index contributed by atoms with van der Waals surface area (Å²) in [4.78, 5) is 0. The Labute approximate surface area is 94.9 Å². The molecule has 0 aromatic carbocycles. The topological polar surface area (TPSA) is 38.0 Å². The molecule has 3 N–H and O–H groups in total. The molecule has 0 aliphatic rings. The van der Waals surface area contributed by atoms with Gasteiger partial charge in [-0.25, -0.2) is 0 Å². The monoisotopic (exact) mass is 230 g/mol. The van der Waals surface area contributed by atoms with Crippen LogP contribution in [0.25, 0.3) is 0 Å². The summed E-state index contributed by atoms with van der Waals surface area (Å²) >= 11 is 0. The quantitative estimate of drug-likeness (QED) is 0.688. The molecule has 0 bridgehead atoms. The van der Waals surface area contributed by atoms with E-state index in [-0.39, 0.29) is 24.8 Å². The van der Waals surface area contributed by atoms with Crippen molar-refractivity contribution in [2.24, 2.45) is 11.7 Å². The minimum Gasteiger partial charge on any atom is -0.328 e. The second kappa shape index (κ2) is 12.5. The van der Waals surface area contributed by atoms with Gasteiger partial charge < -0.3 is 11.1 Å². The Morgan fingerprint density at radius 3 is 1.85 bits per heavy atom. The van der Waals surface area contributed by atoms with Crippen molar-refractivity contribution in [2.45, 2.75) is 39.7 Å². The minimum absolute atomic E-state index is 0. The molecule has 0 saturated carbocycles. The molecule has 0 fully saturated rings. The van der Waals surface area contributed by atoms with Gasteiger partial charge in [-0.3, -0.25) is 0 Å². The maximum atomic E-state index is 5.59. The number of nitrogens with two attached hydrogens (primary N) is 1. The average Bonchev–Trinajstić information content (AvgIpc) is 1.85. The lowest BCUT2D eigenvalue weighted by molar-refractivity contribution is 0.519. The van der Waals surface area contributed by atoms with Crippen LogP contribution in [0.5, 0.6) is 0 Å². The van der Waals surface area contributed by atoms with E-state index in [0.29, 0.717) is 6.04 Å². The molecule has 0 aliphatic heterocycles. The van der Waals surface area contributed by atoms with Crippen molar-refractivity contribution in [1.29, 1.82) is 0 Å². The van der Waals surface area contributed by atoms with Crippen LogP contribution in [0.4, 0.5) is 0 Å². The molecule has 0 heterocycles. The van der Waals surface area contributed by atoms with Gasteiger partial charge in [-0.05, 0) is 38.8 Å². The number of hydrogen-bond acceptors (Lipinski definition) is 2. The third-order valence-corrected chi connectivity index (χ3v) is 1.67. The lowest BCUT2D eigenvalue weighted by Gasteiger charge is -2.08. The predicted molar refractivity (Wildman–Crippen MR) is 65.1 cm³/mol. The Bertz CT molecular complexity index is 77.7. The zero-order chi connectivity index (χ0) is 8.69. The van der Waals surface area contributed by atoms with Gasteiger partial charge in [0.25, 0.3) is 0 Å². The van der Waals surface area contributed by atoms with Crippen LogP contribution in [0.2, 0.25) is 0 Å². The summed E-state index contributed by atoms with van der Waals surface area (Å²) in [5, 5.41) is 3.37. The van der Waals surface area contributed by atoms with Gasteiger partial charge in [-0.2, -0.15) is 0 Å². The lowest BCUT2D eigenvalue weighted by atomic mass is 10.1. The van der Waals surface area contributed by atoms with Crippen LogP contribution in [0, 0.1) is 5.92 Å². The highest BCUT2D eigenvalue weighted by molar-refractivity contribution is 5.85. The smallest absolute Gasteiger partial charge is 0.00225 e. The third kappa shape index (κ3) is 19.1. The first-order valence-corrected chi connectivity index (χ1v) is 4.59. The maximum absolute atomic E-state index is 5.59. The second-order valence-corrected chi connectivity index (χ2v) is 3.70. The summed E-state index contributed by atoms with van der Waals surface area (Å²) in [5.41, 5.74) is 5.59. The summed E-state index contributed by atoms with van der Waals surface area (Å²) in [6, 6.07) is 0.335. The Morgan fingerprint density at radius 2 is 1.46 bits per heavy atom. The van der Waals surface area contributed by atoms with E-state index in [1.807, 2.05) is 6.92 Å². The number of nitrogens with one attached hydrogen (secondary N) is 1. The van der Waals surface area contributed by atoms with Crippen molar-refractivity contribution < 1.29 is 0 Å². The van der Waals surface area contributed by atoms with Crippen molar-refractivity contribution in [2.75, 3.05) is 13.1 Å². The normalized spacial score (nSPS) is 11.8. The number of hydrogen-bond donors (Lipinski definition) is 2. The van der Waals surface area contributed by atoms with Crippen molar-refractivity contribution >= 4 is 24.8 Å². The van der Waals surface area contributed by atoms with Crippen molar-refractivity contribution in [1.82, 2.24) is 5.32 Å². The van der Waals surface area contributed by atoms with E-state index in [1.54, 1.807) is 0 Å². The first kappa shape index (κ1) is 19.1. The molecule has 0 radical (unpaired) electrons. The number of halogens is 2. The molecular formula is C9H24Cl2N2. The maximum Gasteiger partial charge on any atom is 0.00225 e. The van der Waals surface area contributed by atoms with E-state index >= 15 is 0 Å². The van der Waals surface area contributed by atoms with Crippen molar-refractivity contribution in [3.8, 4) is 0 Å². The SMILES string of the molecule is CC(C)CCNCC[C@@H](C)N.Cl.Cl. The second-order valence-electron chi connectivity index (χ2n) is 3.70. The summed E-state index contributed by atoms with van der Waals surface area (Å²) < 4.78 is 0. The van der Waals surface area contributed by atoms with Crippen molar-refractivity contribution in [3.63, 3.8) is 0 Å². The van der Waals surface area contributed by atoms with Crippen LogP contribution in [-0.4, -0.2) is 19.1 Å². The van der Waals surface area contributed by atoms with Gasteiger partial charge in [-0.15, -0.1) is 24.8 Å². The van der Waals surface area contributed by atoms with Crippen LogP contribution >= 0.6 is 24.8 Å². The van der Waals surface area contributed by atoms with Gasteiger partial charge in [0, 0.05) is 6.04 Å². The standard InChI is InChI=1S/C9H22N2.2ClH/c1-8(2)4-6-11-7-5-9(3)10;;/h8-9,11H,4-7,10H2,1-3H3;2*1H/t9-;;/m1../s1. The van der Waals surface area contributed by atoms with E-state index in [9.17, 15) is 0 Å². The van der Waals surface area contributed by atoms with Gasteiger partial charge in [-0.1, -0.05) is 13.8 Å². The summed E-state index contributed by atoms with van der Waals surface area (Å²) in [7, 11) is 0. The van der Waals surface area contributed by atoms with Gasteiger partial charge in [0.1, 0.15) is 0 Å². The predicted octanol–water partition coefficient (Wildman–Crippen LogP) is 2.20. The molecule has 2 nitrogen and oxygen atoms in total. The molecular weight excluding hydrogens is 207 g/mol. The van der Waals surface area contributed by atoms with Crippen LogP contribution in [0.15, 0.2) is 0 Å². The molecule has 4 heteroatoms. The molecule has 0 aliphatic carbocycles. The summed E-state index contributed by atoms with van der Waals surface area (Å²) in [6.07, 6.45) is 2.34. The Balaban J connectivity index is -0.000000500. The van der Waals surface area contributed by atoms with Gasteiger partial charge in [0.2, 0.25) is 0 Å². The first-order valence-electron chi connectivity index (χ1n) is 4.59. The highest BCUT2D eigenvalue weighted by Gasteiger charge is 1.94. The fourth-order valence-corrected chi connectivity index (χ4v) is 0.845. The van der Waals surface area contributed by atoms with E-state index in [0.717, 1.165) is 25.4 Å². The minimum atomic E-state index is 0. The number of rotatable bonds is 6. The van der Waals surface area contributed by atoms with Crippen LogP contribution in [-0.2, 0) is 0 Å².